The Morgan fingerprint density at radius 2 is 0.849 bits per heavy atom. The van der Waals surface area contributed by atoms with Gasteiger partial charge in [0, 0.05) is 44.1 Å². The van der Waals surface area contributed by atoms with Gasteiger partial charge in [-0.3, -0.25) is 0 Å². The van der Waals surface area contributed by atoms with E-state index in [2.05, 4.69) is 174 Å². The van der Waals surface area contributed by atoms with Crippen LogP contribution >= 0.6 is 0 Å². The summed E-state index contributed by atoms with van der Waals surface area (Å²) in [5.41, 5.74) is 13.6. The molecule has 3 heterocycles. The number of fused-ring (bicyclic) bond motifs is 5. The number of para-hydroxylation sites is 2. The molecule has 0 unspecified atom stereocenters. The summed E-state index contributed by atoms with van der Waals surface area (Å²) in [6, 6.07) is 67.7. The lowest BCUT2D eigenvalue weighted by Crippen LogP contribution is -1.98. The minimum atomic E-state index is 0.684. The summed E-state index contributed by atoms with van der Waals surface area (Å²) in [5.74, 6) is 0.684. The third-order valence-electron chi connectivity index (χ3n) is 10.0. The summed E-state index contributed by atoms with van der Waals surface area (Å²) in [7, 11) is 0. The summed E-state index contributed by atoms with van der Waals surface area (Å²) in [6.45, 7) is 0. The fourth-order valence-corrected chi connectivity index (χ4v) is 7.46. The van der Waals surface area contributed by atoms with Crippen molar-refractivity contribution in [2.45, 2.75) is 0 Å². The molecular formula is C49H32N4. The van der Waals surface area contributed by atoms with Crippen molar-refractivity contribution in [3.63, 3.8) is 0 Å². The van der Waals surface area contributed by atoms with Gasteiger partial charge in [-0.15, -0.1) is 0 Å². The second-order valence-electron chi connectivity index (χ2n) is 13.2. The number of nitrogens with zero attached hydrogens (tertiary/aromatic N) is 4. The van der Waals surface area contributed by atoms with Gasteiger partial charge in [0.2, 0.25) is 0 Å². The van der Waals surface area contributed by atoms with Crippen molar-refractivity contribution in [1.29, 1.82) is 0 Å². The molecule has 0 saturated carbocycles. The van der Waals surface area contributed by atoms with E-state index in [0.717, 1.165) is 72.3 Å². The SMILES string of the molecule is c1ccc(-c2ccc(-c3cc(-c4ccccc4)nc(-c4ccc(-n5c6ccccc6c6c(-c7ccccc7)nc7ccccc7c65)cc4)n3)cc2)cc1. The molecule has 0 amide bonds. The maximum atomic E-state index is 5.24. The lowest BCUT2D eigenvalue weighted by molar-refractivity contribution is 1.17. The number of rotatable bonds is 6. The van der Waals surface area contributed by atoms with E-state index >= 15 is 0 Å². The van der Waals surface area contributed by atoms with Gasteiger partial charge in [0.15, 0.2) is 5.82 Å². The fraction of sp³-hybridized carbons (Fsp3) is 0. The van der Waals surface area contributed by atoms with Crippen molar-refractivity contribution in [1.82, 2.24) is 19.5 Å². The maximum Gasteiger partial charge on any atom is 0.160 e. The molecule has 0 aliphatic carbocycles. The van der Waals surface area contributed by atoms with Gasteiger partial charge in [0.25, 0.3) is 0 Å². The molecule has 0 bridgehead atoms. The molecular weight excluding hydrogens is 645 g/mol. The van der Waals surface area contributed by atoms with Crippen molar-refractivity contribution < 1.29 is 0 Å². The normalized spacial score (nSPS) is 11.4. The predicted octanol–water partition coefficient (Wildman–Crippen LogP) is 12.5. The average Bonchev–Trinajstić information content (AvgIpc) is 3.60. The van der Waals surface area contributed by atoms with E-state index in [4.69, 9.17) is 15.0 Å². The molecule has 0 aliphatic heterocycles. The molecule has 0 atom stereocenters. The average molecular weight is 677 g/mol. The van der Waals surface area contributed by atoms with Crippen LogP contribution in [-0.4, -0.2) is 19.5 Å². The van der Waals surface area contributed by atoms with Gasteiger partial charge >= 0.3 is 0 Å². The summed E-state index contributed by atoms with van der Waals surface area (Å²) in [5, 5.41) is 3.44. The molecule has 53 heavy (non-hydrogen) atoms. The molecule has 0 N–H and O–H groups in total. The van der Waals surface area contributed by atoms with Crippen LogP contribution in [0.2, 0.25) is 0 Å². The maximum absolute atomic E-state index is 5.24. The van der Waals surface area contributed by atoms with Crippen molar-refractivity contribution in [2.75, 3.05) is 0 Å². The van der Waals surface area contributed by atoms with E-state index in [-0.39, 0.29) is 0 Å². The second-order valence-corrected chi connectivity index (χ2v) is 13.2. The van der Waals surface area contributed by atoms with E-state index in [9.17, 15) is 0 Å². The van der Waals surface area contributed by atoms with Crippen LogP contribution < -0.4 is 0 Å². The molecule has 0 fully saturated rings. The molecule has 4 nitrogen and oxygen atoms in total. The van der Waals surface area contributed by atoms with E-state index in [0.29, 0.717) is 5.82 Å². The van der Waals surface area contributed by atoms with Crippen molar-refractivity contribution in [3.05, 3.63) is 194 Å². The molecule has 3 aromatic heterocycles. The van der Waals surface area contributed by atoms with Gasteiger partial charge in [0.1, 0.15) is 0 Å². The third-order valence-corrected chi connectivity index (χ3v) is 10.0. The summed E-state index contributed by atoms with van der Waals surface area (Å²) in [6.07, 6.45) is 0. The number of pyridine rings is 1. The number of hydrogen-bond donors (Lipinski definition) is 0. The second kappa shape index (κ2) is 12.9. The van der Waals surface area contributed by atoms with Crippen LogP contribution in [0, 0.1) is 0 Å². The fourth-order valence-electron chi connectivity index (χ4n) is 7.46. The van der Waals surface area contributed by atoms with Gasteiger partial charge in [-0.2, -0.15) is 0 Å². The van der Waals surface area contributed by atoms with Crippen molar-refractivity contribution >= 4 is 32.7 Å². The summed E-state index contributed by atoms with van der Waals surface area (Å²) < 4.78 is 2.38. The zero-order valence-electron chi connectivity index (χ0n) is 28.8. The number of benzene rings is 7. The first-order valence-electron chi connectivity index (χ1n) is 17.9. The Bertz CT molecular complexity index is 2900. The van der Waals surface area contributed by atoms with Gasteiger partial charge in [-0.25, -0.2) is 15.0 Å². The molecule has 248 valence electrons. The summed E-state index contributed by atoms with van der Waals surface area (Å²) >= 11 is 0. The van der Waals surface area contributed by atoms with Crippen LogP contribution in [0.15, 0.2) is 194 Å². The molecule has 10 aromatic rings. The van der Waals surface area contributed by atoms with Gasteiger partial charge in [-0.05, 0) is 53.6 Å². The quantitative estimate of drug-likeness (QED) is 0.176. The molecule has 4 heteroatoms. The standard InChI is InChI=1S/C49H32N4/c1-4-14-33(15-5-1)34-24-26-36(27-25-34)44-32-43(35-16-6-2-7-17-35)51-49(52-44)38-28-30-39(31-29-38)53-45-23-13-11-21-41(45)46-47(37-18-8-3-9-19-37)50-42-22-12-10-20-40(42)48(46)53/h1-32H. The van der Waals surface area contributed by atoms with E-state index in [1.165, 1.54) is 16.5 Å². The highest BCUT2D eigenvalue weighted by Crippen LogP contribution is 2.41. The van der Waals surface area contributed by atoms with Crippen LogP contribution in [0.4, 0.5) is 0 Å². The lowest BCUT2D eigenvalue weighted by Gasteiger charge is -2.13. The highest BCUT2D eigenvalue weighted by Gasteiger charge is 2.20. The van der Waals surface area contributed by atoms with E-state index in [1.807, 2.05) is 24.3 Å². The van der Waals surface area contributed by atoms with Gasteiger partial charge < -0.3 is 4.57 Å². The smallest absolute Gasteiger partial charge is 0.160 e. The van der Waals surface area contributed by atoms with Crippen LogP contribution in [0.5, 0.6) is 0 Å². The molecule has 0 radical (unpaired) electrons. The first kappa shape index (κ1) is 30.6. The highest BCUT2D eigenvalue weighted by molar-refractivity contribution is 6.22. The largest absolute Gasteiger partial charge is 0.308 e. The lowest BCUT2D eigenvalue weighted by atomic mass is 10.0. The first-order chi connectivity index (χ1) is 26.3. The van der Waals surface area contributed by atoms with Crippen LogP contribution in [0.1, 0.15) is 0 Å². The van der Waals surface area contributed by atoms with E-state index in [1.54, 1.807) is 0 Å². The Labute approximate surface area is 307 Å². The zero-order chi connectivity index (χ0) is 35.1. The molecule has 0 spiro atoms. The Morgan fingerprint density at radius 1 is 0.358 bits per heavy atom. The first-order valence-corrected chi connectivity index (χ1v) is 17.9. The van der Waals surface area contributed by atoms with Crippen LogP contribution in [0.3, 0.4) is 0 Å². The van der Waals surface area contributed by atoms with Crippen molar-refractivity contribution in [3.8, 4) is 62.0 Å². The Morgan fingerprint density at radius 3 is 1.53 bits per heavy atom. The molecule has 0 aliphatic rings. The molecule has 0 saturated heterocycles. The monoisotopic (exact) mass is 676 g/mol. The minimum Gasteiger partial charge on any atom is -0.308 e. The molecule has 7 aromatic carbocycles. The Kier molecular flexibility index (Phi) is 7.43. The number of aromatic nitrogens is 4. The minimum absolute atomic E-state index is 0.684. The van der Waals surface area contributed by atoms with Crippen LogP contribution in [0.25, 0.3) is 94.7 Å². The van der Waals surface area contributed by atoms with Crippen LogP contribution in [-0.2, 0) is 0 Å². The topological polar surface area (TPSA) is 43.6 Å². The third kappa shape index (κ3) is 5.45. The van der Waals surface area contributed by atoms with Gasteiger partial charge in [0.05, 0.1) is 33.6 Å². The summed E-state index contributed by atoms with van der Waals surface area (Å²) in [4.78, 5) is 15.5. The molecule has 10 rings (SSSR count). The highest BCUT2D eigenvalue weighted by atomic mass is 15.0. The Hall–Kier alpha value is -7.17. The van der Waals surface area contributed by atoms with Crippen molar-refractivity contribution in [2.24, 2.45) is 0 Å². The van der Waals surface area contributed by atoms with E-state index < -0.39 is 0 Å². The predicted molar refractivity (Wildman–Crippen MR) is 219 cm³/mol. The number of hydrogen-bond acceptors (Lipinski definition) is 3. The zero-order valence-corrected chi connectivity index (χ0v) is 28.8. The van der Waals surface area contributed by atoms with Gasteiger partial charge in [-0.1, -0.05) is 152 Å². The Balaban J connectivity index is 1.13.